The van der Waals surface area contributed by atoms with E-state index in [1.165, 1.54) is 5.56 Å². The van der Waals surface area contributed by atoms with Gasteiger partial charge < -0.3 is 14.0 Å². The quantitative estimate of drug-likeness (QED) is 0.844. The third kappa shape index (κ3) is 3.71. The van der Waals surface area contributed by atoms with Gasteiger partial charge in [0.25, 0.3) is 0 Å². The molecule has 0 N–H and O–H groups in total. The summed E-state index contributed by atoms with van der Waals surface area (Å²) in [6.07, 6.45) is 1.000. The molecule has 1 aromatic heterocycles. The zero-order valence-corrected chi connectivity index (χ0v) is 13.9. The van der Waals surface area contributed by atoms with E-state index in [1.54, 1.807) is 7.11 Å². The van der Waals surface area contributed by atoms with Crippen LogP contribution in [-0.4, -0.2) is 48.0 Å². The molecule has 0 unspecified atom stereocenters. The van der Waals surface area contributed by atoms with Crippen molar-refractivity contribution in [3.63, 3.8) is 0 Å². The molecular formula is C17H23N3O3. The maximum atomic E-state index is 5.78. The van der Waals surface area contributed by atoms with Crippen LogP contribution in [0, 0.1) is 6.92 Å². The van der Waals surface area contributed by atoms with Gasteiger partial charge in [-0.25, -0.2) is 0 Å². The van der Waals surface area contributed by atoms with E-state index in [9.17, 15) is 0 Å². The van der Waals surface area contributed by atoms with Gasteiger partial charge in [0.05, 0.1) is 19.8 Å². The third-order valence-electron chi connectivity index (χ3n) is 4.24. The van der Waals surface area contributed by atoms with Gasteiger partial charge in [-0.15, -0.1) is 0 Å². The van der Waals surface area contributed by atoms with E-state index in [4.69, 9.17) is 14.0 Å². The first-order chi connectivity index (χ1) is 11.2. The van der Waals surface area contributed by atoms with E-state index in [0.29, 0.717) is 11.7 Å². The lowest BCUT2D eigenvalue weighted by atomic mass is 10.1. The minimum atomic E-state index is 0.0169. The predicted molar refractivity (Wildman–Crippen MR) is 85.5 cm³/mol. The van der Waals surface area contributed by atoms with Crippen molar-refractivity contribution < 1.29 is 14.0 Å². The van der Waals surface area contributed by atoms with Crippen LogP contribution < -0.4 is 4.74 Å². The van der Waals surface area contributed by atoms with E-state index in [1.807, 2.05) is 19.1 Å². The molecule has 0 aliphatic carbocycles. The minimum absolute atomic E-state index is 0.0169. The summed E-state index contributed by atoms with van der Waals surface area (Å²) in [5.74, 6) is 2.19. The smallest absolute Gasteiger partial charge is 0.246 e. The standard InChI is InChI=1S/C17H23N3O3/c1-12-16(17-18-13(2)19-23-17)20(10-11-22-12)9-8-14-4-6-15(21-3)7-5-14/h4-7,12,16H,8-11H2,1-3H3/t12-,16+/m1/s1. The first-order valence-electron chi connectivity index (χ1n) is 7.96. The van der Waals surface area contributed by atoms with E-state index in [2.05, 4.69) is 34.1 Å². The third-order valence-corrected chi connectivity index (χ3v) is 4.24. The Balaban J connectivity index is 1.68. The molecular weight excluding hydrogens is 294 g/mol. The fourth-order valence-electron chi connectivity index (χ4n) is 2.99. The summed E-state index contributed by atoms with van der Waals surface area (Å²) in [5.41, 5.74) is 1.28. The molecule has 2 heterocycles. The Hall–Kier alpha value is -1.92. The second-order valence-corrected chi connectivity index (χ2v) is 5.83. The SMILES string of the molecule is COc1ccc(CCN2CCO[C@H](C)[C@H]2c2nc(C)no2)cc1. The molecule has 0 saturated carbocycles. The summed E-state index contributed by atoms with van der Waals surface area (Å²) >= 11 is 0. The van der Waals surface area contributed by atoms with Crippen molar-refractivity contribution in [1.29, 1.82) is 0 Å². The summed E-state index contributed by atoms with van der Waals surface area (Å²) in [6, 6.07) is 8.22. The summed E-state index contributed by atoms with van der Waals surface area (Å²) in [7, 11) is 1.68. The minimum Gasteiger partial charge on any atom is -0.497 e. The maximum Gasteiger partial charge on any atom is 0.246 e. The lowest BCUT2D eigenvalue weighted by Gasteiger charge is -2.37. The average molecular weight is 317 g/mol. The zero-order chi connectivity index (χ0) is 16.2. The highest BCUT2D eigenvalue weighted by atomic mass is 16.5. The Kier molecular flexibility index (Phi) is 4.93. The molecule has 6 heteroatoms. The molecule has 3 rings (SSSR count). The van der Waals surface area contributed by atoms with Crippen LogP contribution in [0.15, 0.2) is 28.8 Å². The van der Waals surface area contributed by atoms with Crippen LogP contribution in [0.2, 0.25) is 0 Å². The molecule has 1 saturated heterocycles. The number of ether oxygens (including phenoxy) is 2. The number of hydrogen-bond donors (Lipinski definition) is 0. The molecule has 1 aromatic carbocycles. The Labute approximate surface area is 136 Å². The Bertz CT molecular complexity index is 626. The normalized spacial score (nSPS) is 22.2. The van der Waals surface area contributed by atoms with Crippen LogP contribution >= 0.6 is 0 Å². The largest absolute Gasteiger partial charge is 0.497 e. The molecule has 1 fully saturated rings. The molecule has 124 valence electrons. The highest BCUT2D eigenvalue weighted by Crippen LogP contribution is 2.28. The predicted octanol–water partition coefficient (Wildman–Crippen LogP) is 2.39. The van der Waals surface area contributed by atoms with Crippen molar-refractivity contribution in [1.82, 2.24) is 15.0 Å². The highest BCUT2D eigenvalue weighted by Gasteiger charge is 2.34. The molecule has 1 aliphatic heterocycles. The first-order valence-corrected chi connectivity index (χ1v) is 7.96. The molecule has 0 spiro atoms. The molecule has 23 heavy (non-hydrogen) atoms. The van der Waals surface area contributed by atoms with Gasteiger partial charge in [0.1, 0.15) is 11.8 Å². The van der Waals surface area contributed by atoms with Crippen molar-refractivity contribution in [3.05, 3.63) is 41.5 Å². The molecule has 6 nitrogen and oxygen atoms in total. The lowest BCUT2D eigenvalue weighted by Crippen LogP contribution is -2.45. The molecule has 2 aromatic rings. The maximum absolute atomic E-state index is 5.78. The summed E-state index contributed by atoms with van der Waals surface area (Å²) in [5, 5.41) is 3.92. The van der Waals surface area contributed by atoms with Gasteiger partial charge in [0.2, 0.25) is 5.89 Å². The van der Waals surface area contributed by atoms with Crippen LogP contribution in [0.5, 0.6) is 5.75 Å². The van der Waals surface area contributed by atoms with E-state index in [0.717, 1.165) is 31.9 Å². The fraction of sp³-hybridized carbons (Fsp3) is 0.529. The van der Waals surface area contributed by atoms with Crippen LogP contribution in [0.3, 0.4) is 0 Å². The van der Waals surface area contributed by atoms with Gasteiger partial charge in [-0.05, 0) is 38.0 Å². The number of nitrogens with zero attached hydrogens (tertiary/aromatic N) is 3. The monoisotopic (exact) mass is 317 g/mol. The van der Waals surface area contributed by atoms with E-state index >= 15 is 0 Å². The summed E-state index contributed by atoms with van der Waals surface area (Å²) in [4.78, 5) is 6.76. The molecule has 1 aliphatic rings. The Morgan fingerprint density at radius 2 is 2.09 bits per heavy atom. The van der Waals surface area contributed by atoms with Gasteiger partial charge >= 0.3 is 0 Å². The topological polar surface area (TPSA) is 60.6 Å². The van der Waals surface area contributed by atoms with Crippen LogP contribution in [0.25, 0.3) is 0 Å². The number of hydrogen-bond acceptors (Lipinski definition) is 6. The Morgan fingerprint density at radius 1 is 1.30 bits per heavy atom. The fourth-order valence-corrected chi connectivity index (χ4v) is 2.99. The number of morpholine rings is 1. The van der Waals surface area contributed by atoms with Crippen molar-refractivity contribution in [2.45, 2.75) is 32.4 Å². The second-order valence-electron chi connectivity index (χ2n) is 5.83. The number of aryl methyl sites for hydroxylation is 1. The van der Waals surface area contributed by atoms with Crippen molar-refractivity contribution in [3.8, 4) is 5.75 Å². The average Bonchev–Trinajstić information content (AvgIpc) is 2.99. The number of benzene rings is 1. The van der Waals surface area contributed by atoms with Gasteiger partial charge in [0, 0.05) is 13.1 Å². The van der Waals surface area contributed by atoms with Crippen LogP contribution in [0.4, 0.5) is 0 Å². The first kappa shape index (κ1) is 16.0. The van der Waals surface area contributed by atoms with Crippen LogP contribution in [-0.2, 0) is 11.2 Å². The number of aromatic nitrogens is 2. The van der Waals surface area contributed by atoms with Crippen molar-refractivity contribution in [2.75, 3.05) is 26.8 Å². The van der Waals surface area contributed by atoms with Gasteiger partial charge in [-0.3, -0.25) is 4.90 Å². The van der Waals surface area contributed by atoms with Gasteiger partial charge in [-0.1, -0.05) is 17.3 Å². The molecule has 0 radical (unpaired) electrons. The van der Waals surface area contributed by atoms with E-state index in [-0.39, 0.29) is 12.1 Å². The van der Waals surface area contributed by atoms with Crippen LogP contribution in [0.1, 0.15) is 30.2 Å². The van der Waals surface area contributed by atoms with Crippen molar-refractivity contribution in [2.24, 2.45) is 0 Å². The van der Waals surface area contributed by atoms with Crippen molar-refractivity contribution >= 4 is 0 Å². The Morgan fingerprint density at radius 3 is 2.74 bits per heavy atom. The highest BCUT2D eigenvalue weighted by molar-refractivity contribution is 5.27. The van der Waals surface area contributed by atoms with Gasteiger partial charge in [0.15, 0.2) is 5.82 Å². The van der Waals surface area contributed by atoms with E-state index < -0.39 is 0 Å². The number of rotatable bonds is 5. The lowest BCUT2D eigenvalue weighted by molar-refractivity contribution is -0.0723. The second kappa shape index (κ2) is 7.10. The van der Waals surface area contributed by atoms with Gasteiger partial charge in [-0.2, -0.15) is 4.98 Å². The molecule has 0 amide bonds. The molecule has 2 atom stereocenters. The summed E-state index contributed by atoms with van der Waals surface area (Å²) < 4.78 is 16.4. The zero-order valence-electron chi connectivity index (χ0n) is 13.9. The number of methoxy groups -OCH3 is 1. The summed E-state index contributed by atoms with van der Waals surface area (Å²) in [6.45, 7) is 6.42. The molecule has 0 bridgehead atoms.